The normalized spacial score (nSPS) is 12.2. The minimum atomic E-state index is -0.435. The molecule has 1 aromatic heterocycles. The van der Waals surface area contributed by atoms with E-state index in [4.69, 9.17) is 4.74 Å². The van der Waals surface area contributed by atoms with Crippen molar-refractivity contribution in [1.29, 1.82) is 0 Å². The summed E-state index contributed by atoms with van der Waals surface area (Å²) in [6.45, 7) is 0. The lowest BCUT2D eigenvalue weighted by molar-refractivity contribution is 0.174. The number of aliphatic hydroxyl groups excluding tert-OH is 1. The molecule has 0 aliphatic rings. The van der Waals surface area contributed by atoms with Crippen molar-refractivity contribution in [2.24, 2.45) is 0 Å². The van der Waals surface area contributed by atoms with E-state index in [9.17, 15) is 5.11 Å². The Bertz CT molecular complexity index is 531. The van der Waals surface area contributed by atoms with Gasteiger partial charge in [0.2, 0.25) is 0 Å². The van der Waals surface area contributed by atoms with Gasteiger partial charge in [0.25, 0.3) is 0 Å². The molecule has 4 heteroatoms. The number of nitrogens with zero attached hydrogens (tertiary/aromatic N) is 1. The highest BCUT2D eigenvalue weighted by molar-refractivity contribution is 9.10. The second kappa shape index (κ2) is 6.68. The Labute approximate surface area is 121 Å². The molecule has 100 valence electrons. The molecule has 1 aromatic carbocycles. The average molecular weight is 322 g/mol. The van der Waals surface area contributed by atoms with Crippen LogP contribution in [0.4, 0.5) is 0 Å². The first kappa shape index (κ1) is 14.0. The van der Waals surface area contributed by atoms with Crippen LogP contribution in [0.25, 0.3) is 0 Å². The number of ether oxygens (including phenoxy) is 1. The van der Waals surface area contributed by atoms with Crippen LogP contribution in [0, 0.1) is 0 Å². The third-order valence-corrected chi connectivity index (χ3v) is 3.48. The molecule has 0 saturated carbocycles. The minimum absolute atomic E-state index is 0.435. The summed E-state index contributed by atoms with van der Waals surface area (Å²) in [4.78, 5) is 4.22. The highest BCUT2D eigenvalue weighted by Crippen LogP contribution is 2.26. The SMILES string of the molecule is COc1ccc(CC(O)Cc2ccccn2)cc1Br. The Kier molecular flexibility index (Phi) is 4.93. The number of aliphatic hydroxyl groups is 1. The molecule has 0 amide bonds. The molecule has 0 saturated heterocycles. The Morgan fingerprint density at radius 1 is 1.26 bits per heavy atom. The molecule has 2 rings (SSSR count). The van der Waals surface area contributed by atoms with Crippen LogP contribution in [0.2, 0.25) is 0 Å². The quantitative estimate of drug-likeness (QED) is 0.920. The van der Waals surface area contributed by atoms with Gasteiger partial charge in [0.15, 0.2) is 0 Å². The van der Waals surface area contributed by atoms with Gasteiger partial charge >= 0.3 is 0 Å². The molecule has 0 aliphatic carbocycles. The third kappa shape index (κ3) is 4.04. The molecule has 0 radical (unpaired) electrons. The maximum atomic E-state index is 10.1. The van der Waals surface area contributed by atoms with E-state index in [0.717, 1.165) is 21.5 Å². The van der Waals surface area contributed by atoms with E-state index < -0.39 is 6.10 Å². The zero-order chi connectivity index (χ0) is 13.7. The topological polar surface area (TPSA) is 42.4 Å². The predicted molar refractivity (Wildman–Crippen MR) is 78.3 cm³/mol. The van der Waals surface area contributed by atoms with Gasteiger partial charge in [0, 0.05) is 18.3 Å². The highest BCUT2D eigenvalue weighted by Gasteiger charge is 2.09. The lowest BCUT2D eigenvalue weighted by atomic mass is 10.0. The Morgan fingerprint density at radius 2 is 2.11 bits per heavy atom. The van der Waals surface area contributed by atoms with Gasteiger partial charge < -0.3 is 9.84 Å². The van der Waals surface area contributed by atoms with Crippen molar-refractivity contribution in [2.75, 3.05) is 7.11 Å². The summed E-state index contributed by atoms with van der Waals surface area (Å²) < 4.78 is 6.08. The summed E-state index contributed by atoms with van der Waals surface area (Å²) >= 11 is 3.45. The van der Waals surface area contributed by atoms with Crippen LogP contribution >= 0.6 is 15.9 Å². The van der Waals surface area contributed by atoms with Crippen molar-refractivity contribution in [2.45, 2.75) is 18.9 Å². The standard InChI is InChI=1S/C15H16BrNO2/c1-19-15-6-5-11(9-14(15)16)8-13(18)10-12-4-2-3-7-17-12/h2-7,9,13,18H,8,10H2,1H3. The molecular weight excluding hydrogens is 306 g/mol. The molecule has 0 aliphatic heterocycles. The Morgan fingerprint density at radius 3 is 2.74 bits per heavy atom. The van der Waals surface area contributed by atoms with E-state index in [-0.39, 0.29) is 0 Å². The van der Waals surface area contributed by atoms with Crippen molar-refractivity contribution in [1.82, 2.24) is 4.98 Å². The number of halogens is 1. The maximum absolute atomic E-state index is 10.1. The van der Waals surface area contributed by atoms with Crippen LogP contribution in [0.3, 0.4) is 0 Å². The van der Waals surface area contributed by atoms with E-state index in [2.05, 4.69) is 20.9 Å². The molecule has 1 unspecified atom stereocenters. The Hall–Kier alpha value is -1.39. The first-order chi connectivity index (χ1) is 9.19. The maximum Gasteiger partial charge on any atom is 0.133 e. The molecule has 1 heterocycles. The fraction of sp³-hybridized carbons (Fsp3) is 0.267. The summed E-state index contributed by atoms with van der Waals surface area (Å²) in [5, 5.41) is 10.1. The summed E-state index contributed by atoms with van der Waals surface area (Å²) in [7, 11) is 1.63. The summed E-state index contributed by atoms with van der Waals surface area (Å²) in [6, 6.07) is 11.6. The second-order valence-electron chi connectivity index (χ2n) is 4.35. The van der Waals surface area contributed by atoms with Gasteiger partial charge in [-0.15, -0.1) is 0 Å². The number of aromatic nitrogens is 1. The van der Waals surface area contributed by atoms with Gasteiger partial charge in [-0.3, -0.25) is 4.98 Å². The summed E-state index contributed by atoms with van der Waals surface area (Å²) in [5.74, 6) is 0.794. The fourth-order valence-electron chi connectivity index (χ4n) is 1.94. The van der Waals surface area contributed by atoms with Crippen molar-refractivity contribution in [3.8, 4) is 5.75 Å². The minimum Gasteiger partial charge on any atom is -0.496 e. The van der Waals surface area contributed by atoms with Crippen molar-refractivity contribution in [3.63, 3.8) is 0 Å². The van der Waals surface area contributed by atoms with E-state index in [1.165, 1.54) is 0 Å². The van der Waals surface area contributed by atoms with Gasteiger partial charge in [-0.2, -0.15) is 0 Å². The van der Waals surface area contributed by atoms with Crippen LogP contribution in [0.5, 0.6) is 5.75 Å². The van der Waals surface area contributed by atoms with Gasteiger partial charge in [-0.05, 0) is 52.2 Å². The van der Waals surface area contributed by atoms with Gasteiger partial charge in [-0.1, -0.05) is 12.1 Å². The summed E-state index contributed by atoms with van der Waals surface area (Å²) in [5.41, 5.74) is 1.97. The molecule has 0 bridgehead atoms. The molecular formula is C15H16BrNO2. The molecule has 0 spiro atoms. The van der Waals surface area contributed by atoms with Gasteiger partial charge in [0.1, 0.15) is 5.75 Å². The molecule has 0 fully saturated rings. The van der Waals surface area contributed by atoms with Crippen molar-refractivity contribution < 1.29 is 9.84 Å². The van der Waals surface area contributed by atoms with Crippen molar-refractivity contribution >= 4 is 15.9 Å². The van der Waals surface area contributed by atoms with Crippen LogP contribution in [0.1, 0.15) is 11.3 Å². The van der Waals surface area contributed by atoms with Crippen LogP contribution < -0.4 is 4.74 Å². The van der Waals surface area contributed by atoms with Crippen LogP contribution in [0.15, 0.2) is 47.1 Å². The predicted octanol–water partition coefficient (Wildman–Crippen LogP) is 3.00. The number of methoxy groups -OCH3 is 1. The monoisotopic (exact) mass is 321 g/mol. The van der Waals surface area contributed by atoms with Crippen molar-refractivity contribution in [3.05, 3.63) is 58.3 Å². The first-order valence-electron chi connectivity index (χ1n) is 6.09. The van der Waals surface area contributed by atoms with Crippen LogP contribution in [-0.4, -0.2) is 23.3 Å². The average Bonchev–Trinajstić information content (AvgIpc) is 2.40. The van der Waals surface area contributed by atoms with E-state index in [1.54, 1.807) is 13.3 Å². The number of rotatable bonds is 5. The zero-order valence-corrected chi connectivity index (χ0v) is 12.3. The number of benzene rings is 1. The zero-order valence-electron chi connectivity index (χ0n) is 10.7. The largest absolute Gasteiger partial charge is 0.496 e. The molecule has 2 aromatic rings. The van der Waals surface area contributed by atoms with E-state index >= 15 is 0 Å². The summed E-state index contributed by atoms with van der Waals surface area (Å²) in [6.07, 6.45) is 2.46. The fourth-order valence-corrected chi connectivity index (χ4v) is 2.53. The van der Waals surface area contributed by atoms with Crippen LogP contribution in [-0.2, 0) is 12.8 Å². The molecule has 19 heavy (non-hydrogen) atoms. The first-order valence-corrected chi connectivity index (χ1v) is 6.88. The molecule has 1 atom stereocenters. The number of hydrogen-bond acceptors (Lipinski definition) is 3. The Balaban J connectivity index is 1.99. The second-order valence-corrected chi connectivity index (χ2v) is 5.21. The van der Waals surface area contributed by atoms with E-state index in [0.29, 0.717) is 12.8 Å². The molecule has 1 N–H and O–H groups in total. The van der Waals surface area contributed by atoms with E-state index in [1.807, 2.05) is 36.4 Å². The number of pyridine rings is 1. The smallest absolute Gasteiger partial charge is 0.133 e. The van der Waals surface area contributed by atoms with Gasteiger partial charge in [-0.25, -0.2) is 0 Å². The lowest BCUT2D eigenvalue weighted by Gasteiger charge is -2.11. The highest BCUT2D eigenvalue weighted by atomic mass is 79.9. The lowest BCUT2D eigenvalue weighted by Crippen LogP contribution is -2.14. The van der Waals surface area contributed by atoms with Gasteiger partial charge in [0.05, 0.1) is 17.7 Å². The third-order valence-electron chi connectivity index (χ3n) is 2.86. The number of hydrogen-bond donors (Lipinski definition) is 1. The molecule has 3 nitrogen and oxygen atoms in total.